The van der Waals surface area contributed by atoms with Crippen molar-refractivity contribution >= 4 is 20.9 Å². The van der Waals surface area contributed by atoms with Crippen LogP contribution in [0, 0.1) is 0 Å². The maximum Gasteiger partial charge on any atom is 0.271 e. The van der Waals surface area contributed by atoms with Gasteiger partial charge in [-0.3, -0.25) is 0 Å². The van der Waals surface area contributed by atoms with Gasteiger partial charge in [0.25, 0.3) is 10.0 Å². The molecule has 0 saturated heterocycles. The summed E-state index contributed by atoms with van der Waals surface area (Å²) in [6, 6.07) is 16.9. The minimum absolute atomic E-state index is 0.0880. The molecule has 1 heterocycles. The lowest BCUT2D eigenvalue weighted by Gasteiger charge is -2.12. The Hall–Kier alpha value is -2.96. The zero-order valence-electron chi connectivity index (χ0n) is 12.6. The Kier molecular flexibility index (Phi) is 4.41. The van der Waals surface area contributed by atoms with E-state index in [1.807, 2.05) is 12.1 Å². The third-order valence-corrected chi connectivity index (χ3v) is 5.15. The number of para-hydroxylation sites is 1. The lowest BCUT2D eigenvalue weighted by Crippen LogP contribution is -2.15. The molecule has 0 atom stereocenters. The molecule has 0 aliphatic carbocycles. The lowest BCUT2D eigenvalue weighted by molar-refractivity contribution is 0.313. The molecule has 0 spiro atoms. The predicted molar refractivity (Wildman–Crippen MR) is 90.5 cm³/mol. The maximum absolute atomic E-state index is 13.0. The summed E-state index contributed by atoms with van der Waals surface area (Å²) < 4.78 is 32.8. The normalized spacial score (nSPS) is 11.2. The number of aromatic nitrogens is 1. The molecule has 3 aromatic rings. The molecule has 0 saturated carbocycles. The second-order valence-electron chi connectivity index (χ2n) is 4.93. The summed E-state index contributed by atoms with van der Waals surface area (Å²) in [5.41, 5.74) is 8.84. The molecule has 7 nitrogen and oxygen atoms in total. The van der Waals surface area contributed by atoms with E-state index in [0.29, 0.717) is 5.52 Å². The second-order valence-corrected chi connectivity index (χ2v) is 6.71. The number of hydrogen-bond donors (Lipinski definition) is 0. The Labute approximate surface area is 138 Å². The first kappa shape index (κ1) is 15.9. The highest BCUT2D eigenvalue weighted by molar-refractivity contribution is 7.90. The number of rotatable bonds is 6. The number of hydrogen-bond acceptors (Lipinski definition) is 4. The summed E-state index contributed by atoms with van der Waals surface area (Å²) >= 11 is 0. The quantitative estimate of drug-likeness (QED) is 0.296. The first-order chi connectivity index (χ1) is 11.6. The van der Waals surface area contributed by atoms with E-state index in [0.717, 1.165) is 5.39 Å². The predicted octanol–water partition coefficient (Wildman–Crippen LogP) is 3.57. The van der Waals surface area contributed by atoms with Gasteiger partial charge in [-0.1, -0.05) is 41.5 Å². The number of ether oxygens (including phenoxy) is 1. The monoisotopic (exact) mass is 342 g/mol. The van der Waals surface area contributed by atoms with E-state index in [4.69, 9.17) is 10.3 Å². The molecule has 0 bridgehead atoms. The number of azide groups is 1. The zero-order valence-corrected chi connectivity index (χ0v) is 13.4. The summed E-state index contributed by atoms with van der Waals surface area (Å²) in [4.78, 5) is 2.82. The van der Waals surface area contributed by atoms with E-state index in [2.05, 4.69) is 10.0 Å². The molecule has 0 unspecified atom stereocenters. The van der Waals surface area contributed by atoms with Crippen molar-refractivity contribution in [3.8, 4) is 5.88 Å². The summed E-state index contributed by atoms with van der Waals surface area (Å²) in [5, 5.41) is 4.13. The van der Waals surface area contributed by atoms with Crippen LogP contribution < -0.4 is 4.74 Å². The molecule has 0 N–H and O–H groups in total. The highest BCUT2D eigenvalue weighted by atomic mass is 32.2. The van der Waals surface area contributed by atoms with E-state index in [1.54, 1.807) is 36.4 Å². The molecular weight excluding hydrogens is 328 g/mol. The Morgan fingerprint density at radius 2 is 1.79 bits per heavy atom. The highest BCUT2D eigenvalue weighted by Crippen LogP contribution is 2.30. The van der Waals surface area contributed by atoms with Gasteiger partial charge in [-0.2, -0.15) is 0 Å². The van der Waals surface area contributed by atoms with E-state index >= 15 is 0 Å². The van der Waals surface area contributed by atoms with E-state index in [-0.39, 0.29) is 23.9 Å². The smallest absolute Gasteiger partial charge is 0.271 e. The van der Waals surface area contributed by atoms with E-state index in [9.17, 15) is 8.42 Å². The zero-order chi connectivity index (χ0) is 17.0. The fourth-order valence-electron chi connectivity index (χ4n) is 2.39. The van der Waals surface area contributed by atoms with Crippen LogP contribution in [-0.2, 0) is 10.0 Å². The van der Waals surface area contributed by atoms with Gasteiger partial charge in [-0.15, -0.1) is 0 Å². The minimum Gasteiger partial charge on any atom is -0.478 e. The van der Waals surface area contributed by atoms with E-state index < -0.39 is 10.0 Å². The molecule has 0 aliphatic heterocycles. The van der Waals surface area contributed by atoms with Gasteiger partial charge in [0.05, 0.1) is 23.6 Å². The number of nitrogens with zero attached hydrogens (tertiary/aromatic N) is 4. The SMILES string of the molecule is [N-]=[N+]=NCCOc1cc2ccccc2n1S(=O)(=O)c1ccccc1. The molecule has 0 amide bonds. The molecule has 0 fully saturated rings. The number of benzene rings is 2. The van der Waals surface area contributed by atoms with Crippen LogP contribution in [0.1, 0.15) is 0 Å². The summed E-state index contributed by atoms with van der Waals surface area (Å²) in [6.45, 7) is 0.202. The van der Waals surface area contributed by atoms with Crippen molar-refractivity contribution in [3.05, 3.63) is 71.1 Å². The fraction of sp³-hybridized carbons (Fsp3) is 0.125. The van der Waals surface area contributed by atoms with Crippen LogP contribution in [0.25, 0.3) is 21.3 Å². The molecule has 0 aliphatic rings. The van der Waals surface area contributed by atoms with Crippen LogP contribution in [-0.4, -0.2) is 25.5 Å². The van der Waals surface area contributed by atoms with Gasteiger partial charge in [0.1, 0.15) is 0 Å². The molecule has 122 valence electrons. The fourth-order valence-corrected chi connectivity index (χ4v) is 3.87. The van der Waals surface area contributed by atoms with Gasteiger partial charge in [0.15, 0.2) is 0 Å². The van der Waals surface area contributed by atoms with Gasteiger partial charge in [0, 0.05) is 16.4 Å². The average molecular weight is 342 g/mol. The van der Waals surface area contributed by atoms with Crippen LogP contribution in [0.4, 0.5) is 0 Å². The van der Waals surface area contributed by atoms with Crippen molar-refractivity contribution in [1.82, 2.24) is 3.97 Å². The molecule has 1 aromatic heterocycles. The van der Waals surface area contributed by atoms with Crippen molar-refractivity contribution in [2.75, 3.05) is 13.2 Å². The Balaban J connectivity index is 2.12. The largest absolute Gasteiger partial charge is 0.478 e. The van der Waals surface area contributed by atoms with Crippen LogP contribution in [0.3, 0.4) is 0 Å². The molecular formula is C16H14N4O3S. The van der Waals surface area contributed by atoms with Crippen LogP contribution in [0.2, 0.25) is 0 Å². The molecule has 8 heteroatoms. The topological polar surface area (TPSA) is 97.1 Å². The standard InChI is InChI=1S/C16H14N4O3S/c17-19-18-10-11-23-16-12-13-6-4-5-9-15(13)20(16)24(21,22)14-7-2-1-3-8-14/h1-9,12H,10-11H2. The molecule has 24 heavy (non-hydrogen) atoms. The van der Waals surface area contributed by atoms with Crippen LogP contribution in [0.5, 0.6) is 5.88 Å². The summed E-state index contributed by atoms with van der Waals surface area (Å²) in [5.74, 6) is 0.188. The Bertz CT molecular complexity index is 1010. The van der Waals surface area contributed by atoms with Crippen molar-refractivity contribution in [2.24, 2.45) is 5.11 Å². The van der Waals surface area contributed by atoms with E-state index in [1.165, 1.54) is 16.1 Å². The molecule has 3 rings (SSSR count). The van der Waals surface area contributed by atoms with Gasteiger partial charge < -0.3 is 4.74 Å². The summed E-state index contributed by atoms with van der Waals surface area (Å²) in [7, 11) is -3.81. The Morgan fingerprint density at radius 1 is 1.08 bits per heavy atom. The second kappa shape index (κ2) is 6.66. The van der Waals surface area contributed by atoms with Gasteiger partial charge in [0.2, 0.25) is 5.88 Å². The van der Waals surface area contributed by atoms with Crippen molar-refractivity contribution < 1.29 is 13.2 Å². The first-order valence-corrected chi connectivity index (χ1v) is 8.63. The highest BCUT2D eigenvalue weighted by Gasteiger charge is 2.23. The maximum atomic E-state index is 13.0. The third-order valence-electron chi connectivity index (χ3n) is 3.42. The van der Waals surface area contributed by atoms with Gasteiger partial charge >= 0.3 is 0 Å². The summed E-state index contributed by atoms with van der Waals surface area (Å²) in [6.07, 6.45) is 0. The average Bonchev–Trinajstić information content (AvgIpc) is 2.98. The van der Waals surface area contributed by atoms with Crippen molar-refractivity contribution in [2.45, 2.75) is 4.90 Å². The number of fused-ring (bicyclic) bond motifs is 1. The third kappa shape index (κ3) is 2.92. The van der Waals surface area contributed by atoms with Gasteiger partial charge in [-0.25, -0.2) is 12.4 Å². The Morgan fingerprint density at radius 3 is 2.54 bits per heavy atom. The first-order valence-electron chi connectivity index (χ1n) is 7.19. The molecule has 2 aromatic carbocycles. The van der Waals surface area contributed by atoms with Crippen LogP contribution in [0.15, 0.2) is 70.7 Å². The van der Waals surface area contributed by atoms with Gasteiger partial charge in [-0.05, 0) is 23.7 Å². The van der Waals surface area contributed by atoms with Crippen LogP contribution >= 0.6 is 0 Å². The van der Waals surface area contributed by atoms with Crippen molar-refractivity contribution in [3.63, 3.8) is 0 Å². The minimum atomic E-state index is -3.81. The lowest BCUT2D eigenvalue weighted by atomic mass is 10.3. The van der Waals surface area contributed by atoms with Crippen molar-refractivity contribution in [1.29, 1.82) is 0 Å². The molecule has 0 radical (unpaired) electrons.